The summed E-state index contributed by atoms with van der Waals surface area (Å²) in [6, 6.07) is 14.8. The van der Waals surface area contributed by atoms with Gasteiger partial charge in [-0.2, -0.15) is 0 Å². The molecule has 1 N–H and O–H groups in total. The Morgan fingerprint density at radius 3 is 2.29 bits per heavy atom. The van der Waals surface area contributed by atoms with Crippen LogP contribution in [0.15, 0.2) is 54.6 Å². The summed E-state index contributed by atoms with van der Waals surface area (Å²) in [5, 5.41) is 2.70. The van der Waals surface area contributed by atoms with Crippen LogP contribution < -0.4 is 5.32 Å². The fourth-order valence-electron chi connectivity index (χ4n) is 1.99. The highest BCUT2D eigenvalue weighted by Crippen LogP contribution is 2.13. The SMILES string of the molecule is CC(=O)Nc1ccc(/C=C/C(=O)c2ccccc2C)cc1. The Bertz CT molecular complexity index is 685. The van der Waals surface area contributed by atoms with Crippen molar-refractivity contribution in [3.8, 4) is 0 Å². The molecule has 0 aromatic heterocycles. The number of ketones is 1. The molecule has 2 rings (SSSR count). The third-order valence-corrected chi connectivity index (χ3v) is 3.07. The number of nitrogens with one attached hydrogen (secondary N) is 1. The minimum atomic E-state index is -0.104. The van der Waals surface area contributed by atoms with E-state index in [9.17, 15) is 9.59 Å². The highest BCUT2D eigenvalue weighted by molar-refractivity contribution is 6.07. The first-order valence-corrected chi connectivity index (χ1v) is 6.72. The summed E-state index contributed by atoms with van der Waals surface area (Å²) in [6.07, 6.45) is 3.34. The molecule has 0 radical (unpaired) electrons. The number of aryl methyl sites for hydroxylation is 1. The zero-order valence-corrected chi connectivity index (χ0v) is 12.1. The predicted octanol–water partition coefficient (Wildman–Crippen LogP) is 3.85. The van der Waals surface area contributed by atoms with Gasteiger partial charge in [0.25, 0.3) is 0 Å². The van der Waals surface area contributed by atoms with Crippen LogP contribution in [0.5, 0.6) is 0 Å². The van der Waals surface area contributed by atoms with E-state index < -0.39 is 0 Å². The van der Waals surface area contributed by atoms with Crippen LogP contribution in [0.1, 0.15) is 28.4 Å². The molecule has 0 aliphatic carbocycles. The first-order valence-electron chi connectivity index (χ1n) is 6.72. The largest absolute Gasteiger partial charge is 0.326 e. The predicted molar refractivity (Wildman–Crippen MR) is 85.3 cm³/mol. The molecule has 3 heteroatoms. The van der Waals surface area contributed by atoms with E-state index in [1.807, 2.05) is 43.3 Å². The highest BCUT2D eigenvalue weighted by atomic mass is 16.1. The van der Waals surface area contributed by atoms with Crippen molar-refractivity contribution in [3.05, 3.63) is 71.3 Å². The number of carbonyl (C=O) groups excluding carboxylic acids is 2. The number of anilines is 1. The number of carbonyl (C=O) groups is 2. The average molecular weight is 279 g/mol. The van der Waals surface area contributed by atoms with Crippen LogP contribution in [-0.4, -0.2) is 11.7 Å². The van der Waals surface area contributed by atoms with Crippen molar-refractivity contribution < 1.29 is 9.59 Å². The van der Waals surface area contributed by atoms with E-state index in [1.54, 1.807) is 24.3 Å². The van der Waals surface area contributed by atoms with Gasteiger partial charge in [0.05, 0.1) is 0 Å². The highest BCUT2D eigenvalue weighted by Gasteiger charge is 2.04. The molecule has 0 heterocycles. The van der Waals surface area contributed by atoms with E-state index in [0.29, 0.717) is 5.56 Å². The van der Waals surface area contributed by atoms with Gasteiger partial charge in [-0.05, 0) is 36.3 Å². The smallest absolute Gasteiger partial charge is 0.221 e. The maximum Gasteiger partial charge on any atom is 0.221 e. The van der Waals surface area contributed by atoms with Crippen LogP contribution in [0.4, 0.5) is 5.69 Å². The van der Waals surface area contributed by atoms with Gasteiger partial charge in [-0.15, -0.1) is 0 Å². The fourth-order valence-corrected chi connectivity index (χ4v) is 1.99. The molecular weight excluding hydrogens is 262 g/mol. The fraction of sp³-hybridized carbons (Fsp3) is 0.111. The summed E-state index contributed by atoms with van der Waals surface area (Å²) in [7, 11) is 0. The summed E-state index contributed by atoms with van der Waals surface area (Å²) in [6.45, 7) is 3.39. The summed E-state index contributed by atoms with van der Waals surface area (Å²) in [4.78, 5) is 23.0. The first kappa shape index (κ1) is 14.7. The third-order valence-electron chi connectivity index (χ3n) is 3.07. The summed E-state index contributed by atoms with van der Waals surface area (Å²) in [5.74, 6) is -0.118. The number of allylic oxidation sites excluding steroid dienone is 1. The molecule has 2 aromatic carbocycles. The van der Waals surface area contributed by atoms with Gasteiger partial charge in [0, 0.05) is 18.2 Å². The second kappa shape index (κ2) is 6.66. The lowest BCUT2D eigenvalue weighted by molar-refractivity contribution is -0.114. The lowest BCUT2D eigenvalue weighted by Gasteiger charge is -2.02. The molecule has 0 bridgehead atoms. The minimum absolute atomic E-state index is 0.0148. The van der Waals surface area contributed by atoms with Gasteiger partial charge < -0.3 is 5.32 Å². The first-order chi connectivity index (χ1) is 10.1. The minimum Gasteiger partial charge on any atom is -0.326 e. The zero-order chi connectivity index (χ0) is 15.2. The topological polar surface area (TPSA) is 46.2 Å². The van der Waals surface area contributed by atoms with Crippen LogP contribution >= 0.6 is 0 Å². The van der Waals surface area contributed by atoms with Crippen LogP contribution in [0.25, 0.3) is 6.08 Å². The Morgan fingerprint density at radius 2 is 1.67 bits per heavy atom. The van der Waals surface area contributed by atoms with Crippen molar-refractivity contribution in [1.29, 1.82) is 0 Å². The summed E-state index contributed by atoms with van der Waals surface area (Å²) >= 11 is 0. The quantitative estimate of drug-likeness (QED) is 0.682. The Morgan fingerprint density at radius 1 is 1.00 bits per heavy atom. The van der Waals surface area contributed by atoms with E-state index in [2.05, 4.69) is 5.32 Å². The lowest BCUT2D eigenvalue weighted by atomic mass is 10.0. The number of hydrogen-bond acceptors (Lipinski definition) is 2. The summed E-state index contributed by atoms with van der Waals surface area (Å²) in [5.41, 5.74) is 3.33. The molecule has 0 atom stereocenters. The average Bonchev–Trinajstić information content (AvgIpc) is 2.46. The number of benzene rings is 2. The third kappa shape index (κ3) is 4.14. The molecule has 0 unspecified atom stereocenters. The van der Waals surface area contributed by atoms with Gasteiger partial charge in [-0.1, -0.05) is 42.5 Å². The van der Waals surface area contributed by atoms with Crippen molar-refractivity contribution in [2.24, 2.45) is 0 Å². The van der Waals surface area contributed by atoms with Crippen molar-refractivity contribution in [2.75, 3.05) is 5.32 Å². The van der Waals surface area contributed by atoms with Gasteiger partial charge in [-0.3, -0.25) is 9.59 Å². The molecule has 0 aliphatic heterocycles. The lowest BCUT2D eigenvalue weighted by Crippen LogP contribution is -2.05. The molecule has 0 fully saturated rings. The zero-order valence-electron chi connectivity index (χ0n) is 12.1. The van der Waals surface area contributed by atoms with Gasteiger partial charge in [-0.25, -0.2) is 0 Å². The van der Waals surface area contributed by atoms with Crippen LogP contribution in [-0.2, 0) is 4.79 Å². The van der Waals surface area contributed by atoms with Crippen LogP contribution in [0, 0.1) is 6.92 Å². The van der Waals surface area contributed by atoms with E-state index >= 15 is 0 Å². The summed E-state index contributed by atoms with van der Waals surface area (Å²) < 4.78 is 0. The van der Waals surface area contributed by atoms with Gasteiger partial charge >= 0.3 is 0 Å². The Hall–Kier alpha value is -2.68. The molecule has 21 heavy (non-hydrogen) atoms. The van der Waals surface area contributed by atoms with Crippen LogP contribution in [0.2, 0.25) is 0 Å². The van der Waals surface area contributed by atoms with Crippen molar-refractivity contribution in [2.45, 2.75) is 13.8 Å². The van der Waals surface area contributed by atoms with E-state index in [1.165, 1.54) is 6.92 Å². The van der Waals surface area contributed by atoms with Gasteiger partial charge in [0.2, 0.25) is 5.91 Å². The molecule has 106 valence electrons. The van der Waals surface area contributed by atoms with Gasteiger partial charge in [0.15, 0.2) is 5.78 Å². The van der Waals surface area contributed by atoms with Crippen molar-refractivity contribution in [1.82, 2.24) is 0 Å². The molecule has 0 saturated heterocycles. The van der Waals surface area contributed by atoms with Crippen molar-refractivity contribution in [3.63, 3.8) is 0 Å². The molecule has 1 amide bonds. The Kier molecular flexibility index (Phi) is 4.67. The molecule has 0 saturated carbocycles. The van der Waals surface area contributed by atoms with Gasteiger partial charge in [0.1, 0.15) is 0 Å². The van der Waals surface area contributed by atoms with E-state index in [4.69, 9.17) is 0 Å². The van der Waals surface area contributed by atoms with Crippen LogP contribution in [0.3, 0.4) is 0 Å². The van der Waals surface area contributed by atoms with E-state index in [0.717, 1.165) is 16.8 Å². The second-order valence-corrected chi connectivity index (χ2v) is 4.82. The Labute approximate surface area is 124 Å². The number of amides is 1. The normalized spacial score (nSPS) is 10.6. The number of rotatable bonds is 4. The maximum absolute atomic E-state index is 12.1. The second-order valence-electron chi connectivity index (χ2n) is 4.82. The van der Waals surface area contributed by atoms with Crippen molar-refractivity contribution >= 4 is 23.5 Å². The molecule has 0 aliphatic rings. The number of hydrogen-bond donors (Lipinski definition) is 1. The molecule has 0 spiro atoms. The molecule has 3 nitrogen and oxygen atoms in total. The molecule has 2 aromatic rings. The maximum atomic E-state index is 12.1. The standard InChI is InChI=1S/C18H17NO2/c1-13-5-3-4-6-17(13)18(21)12-9-15-7-10-16(11-8-15)19-14(2)20/h3-12H,1-2H3,(H,19,20)/b12-9+. The van der Waals surface area contributed by atoms with E-state index in [-0.39, 0.29) is 11.7 Å². The monoisotopic (exact) mass is 279 g/mol. The Balaban J connectivity index is 2.09. The molecular formula is C18H17NO2.